The van der Waals surface area contributed by atoms with Crippen molar-refractivity contribution >= 4 is 17.7 Å². The average Bonchev–Trinajstić information content (AvgIpc) is 2.52. The van der Waals surface area contributed by atoms with Gasteiger partial charge in [-0.25, -0.2) is 5.01 Å². The predicted molar refractivity (Wildman–Crippen MR) is 52.1 cm³/mol. The summed E-state index contributed by atoms with van der Waals surface area (Å²) < 4.78 is 0. The van der Waals surface area contributed by atoms with Gasteiger partial charge < -0.3 is 5.73 Å². The minimum Gasteiger partial charge on any atom is -0.368 e. The Hall–Kier alpha value is -1.59. The standard InChI is InChI=1S/C9H15N3O3/c1-6(9(10)15)12(7(2)13)11-5-3-4-8(11)14/h6H,3-5H2,1-2H3,(H2,10,15). The first-order chi connectivity index (χ1) is 6.95. The van der Waals surface area contributed by atoms with Crippen molar-refractivity contribution in [2.45, 2.75) is 32.7 Å². The highest BCUT2D eigenvalue weighted by molar-refractivity contribution is 5.88. The number of hydrogen-bond acceptors (Lipinski definition) is 3. The number of amides is 3. The van der Waals surface area contributed by atoms with Crippen LogP contribution in [0.2, 0.25) is 0 Å². The molecule has 0 aromatic heterocycles. The van der Waals surface area contributed by atoms with E-state index in [9.17, 15) is 14.4 Å². The van der Waals surface area contributed by atoms with Crippen molar-refractivity contribution in [1.29, 1.82) is 0 Å². The molecule has 15 heavy (non-hydrogen) atoms. The Bertz CT molecular complexity index is 303. The summed E-state index contributed by atoms with van der Waals surface area (Å²) in [6.07, 6.45) is 1.11. The van der Waals surface area contributed by atoms with Crippen molar-refractivity contribution in [3.63, 3.8) is 0 Å². The first-order valence-corrected chi connectivity index (χ1v) is 4.84. The zero-order valence-electron chi connectivity index (χ0n) is 8.90. The molecule has 1 saturated heterocycles. The summed E-state index contributed by atoms with van der Waals surface area (Å²) in [4.78, 5) is 33.8. The molecule has 1 atom stereocenters. The zero-order chi connectivity index (χ0) is 11.6. The molecule has 0 aliphatic carbocycles. The van der Waals surface area contributed by atoms with E-state index in [-0.39, 0.29) is 11.8 Å². The van der Waals surface area contributed by atoms with Crippen molar-refractivity contribution < 1.29 is 14.4 Å². The van der Waals surface area contributed by atoms with Gasteiger partial charge in [0.05, 0.1) is 0 Å². The fourth-order valence-electron chi connectivity index (χ4n) is 1.63. The lowest BCUT2D eigenvalue weighted by atomic mass is 10.3. The van der Waals surface area contributed by atoms with Gasteiger partial charge in [-0.15, -0.1) is 0 Å². The van der Waals surface area contributed by atoms with E-state index in [1.165, 1.54) is 18.9 Å². The highest BCUT2D eigenvalue weighted by Crippen LogP contribution is 2.15. The molecule has 2 N–H and O–H groups in total. The van der Waals surface area contributed by atoms with Crippen LogP contribution in [-0.4, -0.2) is 40.3 Å². The van der Waals surface area contributed by atoms with Crippen molar-refractivity contribution in [3.05, 3.63) is 0 Å². The molecule has 0 saturated carbocycles. The number of nitrogens with two attached hydrogens (primary N) is 1. The highest BCUT2D eigenvalue weighted by Gasteiger charge is 2.33. The van der Waals surface area contributed by atoms with Gasteiger partial charge in [0.2, 0.25) is 17.7 Å². The second kappa shape index (κ2) is 4.29. The molecule has 0 spiro atoms. The van der Waals surface area contributed by atoms with Gasteiger partial charge in [-0.1, -0.05) is 0 Å². The second-order valence-corrected chi connectivity index (χ2v) is 3.56. The third kappa shape index (κ3) is 2.26. The van der Waals surface area contributed by atoms with Crippen LogP contribution in [0.5, 0.6) is 0 Å². The number of primary amides is 1. The molecule has 0 bridgehead atoms. The molecule has 0 radical (unpaired) electrons. The minimum atomic E-state index is -0.787. The molecule has 1 fully saturated rings. The first-order valence-electron chi connectivity index (χ1n) is 4.84. The molecule has 84 valence electrons. The highest BCUT2D eigenvalue weighted by atomic mass is 16.2. The molecule has 1 unspecified atom stereocenters. The van der Waals surface area contributed by atoms with Crippen molar-refractivity contribution in [3.8, 4) is 0 Å². The van der Waals surface area contributed by atoms with E-state index in [0.717, 1.165) is 5.01 Å². The monoisotopic (exact) mass is 213 g/mol. The van der Waals surface area contributed by atoms with E-state index in [0.29, 0.717) is 19.4 Å². The van der Waals surface area contributed by atoms with E-state index in [1.807, 2.05) is 0 Å². The molecule has 1 rings (SSSR count). The molecule has 6 nitrogen and oxygen atoms in total. The summed E-state index contributed by atoms with van der Waals surface area (Å²) in [5.74, 6) is -1.11. The van der Waals surface area contributed by atoms with Gasteiger partial charge in [0.15, 0.2) is 0 Å². The minimum absolute atomic E-state index is 0.140. The van der Waals surface area contributed by atoms with E-state index < -0.39 is 11.9 Å². The van der Waals surface area contributed by atoms with Crippen LogP contribution in [0.4, 0.5) is 0 Å². The van der Waals surface area contributed by atoms with E-state index in [4.69, 9.17) is 5.73 Å². The molecule has 0 aromatic rings. The summed E-state index contributed by atoms with van der Waals surface area (Å²) in [6, 6.07) is -0.787. The van der Waals surface area contributed by atoms with Gasteiger partial charge >= 0.3 is 0 Å². The van der Waals surface area contributed by atoms with Crippen LogP contribution in [0.1, 0.15) is 26.7 Å². The molecule has 1 aliphatic rings. The Kier molecular flexibility index (Phi) is 3.28. The maximum absolute atomic E-state index is 11.4. The fraction of sp³-hybridized carbons (Fsp3) is 0.667. The molecular weight excluding hydrogens is 198 g/mol. The Morgan fingerprint density at radius 1 is 1.53 bits per heavy atom. The molecule has 6 heteroatoms. The van der Waals surface area contributed by atoms with Crippen LogP contribution in [0.15, 0.2) is 0 Å². The molecule has 0 aromatic carbocycles. The van der Waals surface area contributed by atoms with Crippen molar-refractivity contribution in [1.82, 2.24) is 10.0 Å². The maximum atomic E-state index is 11.4. The number of carbonyl (C=O) groups excluding carboxylic acids is 3. The molecule has 3 amide bonds. The van der Waals surface area contributed by atoms with Crippen LogP contribution in [-0.2, 0) is 14.4 Å². The topological polar surface area (TPSA) is 83.7 Å². The van der Waals surface area contributed by atoms with Crippen LogP contribution in [0, 0.1) is 0 Å². The summed E-state index contributed by atoms with van der Waals surface area (Å²) in [6.45, 7) is 3.29. The number of nitrogens with zero attached hydrogens (tertiary/aromatic N) is 2. The summed E-state index contributed by atoms with van der Waals surface area (Å²) in [5.41, 5.74) is 5.12. The van der Waals surface area contributed by atoms with Gasteiger partial charge in [-0.05, 0) is 13.3 Å². The average molecular weight is 213 g/mol. The molecular formula is C9H15N3O3. The lowest BCUT2D eigenvalue weighted by molar-refractivity contribution is -0.165. The Labute approximate surface area is 88.0 Å². The van der Waals surface area contributed by atoms with Gasteiger partial charge in [0.25, 0.3) is 0 Å². The van der Waals surface area contributed by atoms with Gasteiger partial charge in [-0.2, -0.15) is 0 Å². The first kappa shape index (κ1) is 11.5. The van der Waals surface area contributed by atoms with Gasteiger partial charge in [0.1, 0.15) is 6.04 Å². The number of hydrazine groups is 1. The third-order valence-corrected chi connectivity index (χ3v) is 2.41. The van der Waals surface area contributed by atoms with Crippen molar-refractivity contribution in [2.75, 3.05) is 6.54 Å². The number of rotatable bonds is 3. The van der Waals surface area contributed by atoms with Gasteiger partial charge in [0, 0.05) is 19.9 Å². The SMILES string of the molecule is CC(=O)N(C(C)C(N)=O)N1CCCC1=O. The quantitative estimate of drug-likeness (QED) is 0.669. The fourth-order valence-corrected chi connectivity index (χ4v) is 1.63. The number of hydrogen-bond donors (Lipinski definition) is 1. The normalized spacial score (nSPS) is 17.7. The largest absolute Gasteiger partial charge is 0.368 e. The zero-order valence-corrected chi connectivity index (χ0v) is 8.90. The van der Waals surface area contributed by atoms with E-state index >= 15 is 0 Å². The van der Waals surface area contributed by atoms with Gasteiger partial charge in [-0.3, -0.25) is 19.4 Å². The lowest BCUT2D eigenvalue weighted by Gasteiger charge is -2.33. The second-order valence-electron chi connectivity index (χ2n) is 3.56. The summed E-state index contributed by atoms with van der Waals surface area (Å²) in [7, 11) is 0. The smallest absolute Gasteiger partial charge is 0.242 e. The van der Waals surface area contributed by atoms with E-state index in [1.54, 1.807) is 0 Å². The summed E-state index contributed by atoms with van der Waals surface area (Å²) >= 11 is 0. The summed E-state index contributed by atoms with van der Waals surface area (Å²) in [5, 5.41) is 2.44. The van der Waals surface area contributed by atoms with Crippen LogP contribution < -0.4 is 5.73 Å². The Balaban J connectivity index is 2.87. The third-order valence-electron chi connectivity index (χ3n) is 2.41. The predicted octanol–water partition coefficient (Wildman–Crippen LogP) is -0.754. The Morgan fingerprint density at radius 3 is 2.47 bits per heavy atom. The van der Waals surface area contributed by atoms with Crippen LogP contribution >= 0.6 is 0 Å². The van der Waals surface area contributed by atoms with Crippen LogP contribution in [0.3, 0.4) is 0 Å². The molecule has 1 heterocycles. The molecule has 1 aliphatic heterocycles. The van der Waals surface area contributed by atoms with Crippen LogP contribution in [0.25, 0.3) is 0 Å². The van der Waals surface area contributed by atoms with Crippen molar-refractivity contribution in [2.24, 2.45) is 5.73 Å². The lowest BCUT2D eigenvalue weighted by Crippen LogP contribution is -2.55. The Morgan fingerprint density at radius 2 is 2.13 bits per heavy atom. The number of carbonyl (C=O) groups is 3. The van der Waals surface area contributed by atoms with E-state index in [2.05, 4.69) is 0 Å². The maximum Gasteiger partial charge on any atom is 0.242 e.